The van der Waals surface area contributed by atoms with Gasteiger partial charge in [0.05, 0.1) is 5.25 Å². The van der Waals surface area contributed by atoms with Crippen LogP contribution in [0.15, 0.2) is 18.2 Å². The van der Waals surface area contributed by atoms with Crippen molar-refractivity contribution < 1.29 is 17.5 Å². The van der Waals surface area contributed by atoms with E-state index in [0.29, 0.717) is 37.2 Å². The third kappa shape index (κ3) is 3.76. The predicted molar refractivity (Wildman–Crippen MR) is 73.9 cm³/mol. The van der Waals surface area contributed by atoms with Crippen LogP contribution in [0.3, 0.4) is 0 Å². The minimum Gasteiger partial charge on any atom is -0.381 e. The number of sulfonamides is 1. The van der Waals surface area contributed by atoms with Gasteiger partial charge in [0, 0.05) is 31.9 Å². The maximum atomic E-state index is 13.7. The number of hydrogen-bond acceptors (Lipinski definition) is 4. The van der Waals surface area contributed by atoms with Crippen LogP contribution in [0.5, 0.6) is 0 Å². The molecule has 1 aliphatic heterocycles. The summed E-state index contributed by atoms with van der Waals surface area (Å²) < 4.78 is 45.5. The van der Waals surface area contributed by atoms with E-state index >= 15 is 0 Å². The molecular weight excluding hydrogens is 283 g/mol. The Labute approximate surface area is 118 Å². The maximum Gasteiger partial charge on any atom is 0.214 e. The fourth-order valence-corrected chi connectivity index (χ4v) is 3.55. The first-order valence-electron chi connectivity index (χ1n) is 6.56. The van der Waals surface area contributed by atoms with E-state index in [1.807, 2.05) is 0 Å². The van der Waals surface area contributed by atoms with E-state index in [0.717, 1.165) is 0 Å². The Kier molecular flexibility index (Phi) is 5.09. The molecule has 1 aromatic carbocycles. The van der Waals surface area contributed by atoms with E-state index in [-0.39, 0.29) is 13.1 Å². The summed E-state index contributed by atoms with van der Waals surface area (Å²) in [6, 6.07) is 4.59. The van der Waals surface area contributed by atoms with Crippen LogP contribution in [0.2, 0.25) is 0 Å². The first kappa shape index (κ1) is 15.4. The molecule has 1 heterocycles. The molecule has 0 unspecified atom stereocenters. The Hall–Kier alpha value is -1.02. The van der Waals surface area contributed by atoms with E-state index in [1.54, 1.807) is 12.1 Å². The minimum atomic E-state index is -3.44. The van der Waals surface area contributed by atoms with Crippen LogP contribution >= 0.6 is 0 Å². The molecule has 20 heavy (non-hydrogen) atoms. The molecule has 0 bridgehead atoms. The first-order valence-corrected chi connectivity index (χ1v) is 8.11. The summed E-state index contributed by atoms with van der Waals surface area (Å²) >= 11 is 0. The zero-order chi connectivity index (χ0) is 14.6. The predicted octanol–water partition coefficient (Wildman–Crippen LogP) is 0.883. The number of hydrogen-bond donors (Lipinski definition) is 2. The standard InChI is InChI=1S/C13H19FN2O3S/c14-13-7-10(8-15)1-2-11(13)9-16-20(17,18)12-3-5-19-6-4-12/h1-2,7,12,16H,3-6,8-9,15H2. The van der Waals surface area contributed by atoms with Gasteiger partial charge in [0.2, 0.25) is 10.0 Å². The number of ether oxygens (including phenoxy) is 1. The average molecular weight is 302 g/mol. The van der Waals surface area contributed by atoms with Crippen molar-refractivity contribution in [3.63, 3.8) is 0 Å². The monoisotopic (exact) mass is 302 g/mol. The summed E-state index contributed by atoms with van der Waals surface area (Å²) in [5.74, 6) is -0.442. The Morgan fingerprint density at radius 2 is 2.05 bits per heavy atom. The smallest absolute Gasteiger partial charge is 0.214 e. The lowest BCUT2D eigenvalue weighted by atomic mass is 10.1. The molecule has 1 aromatic rings. The summed E-state index contributed by atoms with van der Waals surface area (Å²) in [6.07, 6.45) is 0.952. The lowest BCUT2D eigenvalue weighted by Crippen LogP contribution is -2.37. The van der Waals surface area contributed by atoms with E-state index in [4.69, 9.17) is 10.5 Å². The van der Waals surface area contributed by atoms with Crippen molar-refractivity contribution in [2.75, 3.05) is 13.2 Å². The first-order chi connectivity index (χ1) is 9.53. The quantitative estimate of drug-likeness (QED) is 0.846. The van der Waals surface area contributed by atoms with Crippen LogP contribution in [0.25, 0.3) is 0 Å². The Balaban J connectivity index is 2.00. The van der Waals surface area contributed by atoms with Crippen molar-refractivity contribution in [3.05, 3.63) is 35.1 Å². The molecule has 0 aliphatic carbocycles. The molecular formula is C13H19FN2O3S. The Morgan fingerprint density at radius 1 is 1.35 bits per heavy atom. The third-order valence-corrected chi connectivity index (χ3v) is 5.32. The van der Waals surface area contributed by atoms with Crippen molar-refractivity contribution in [1.29, 1.82) is 0 Å². The van der Waals surface area contributed by atoms with Gasteiger partial charge in [-0.15, -0.1) is 0 Å². The second-order valence-electron chi connectivity index (χ2n) is 4.81. The molecule has 112 valence electrons. The highest BCUT2D eigenvalue weighted by Crippen LogP contribution is 2.16. The van der Waals surface area contributed by atoms with Crippen LogP contribution in [0.1, 0.15) is 24.0 Å². The van der Waals surface area contributed by atoms with E-state index in [9.17, 15) is 12.8 Å². The van der Waals surface area contributed by atoms with Crippen LogP contribution in [-0.4, -0.2) is 26.9 Å². The lowest BCUT2D eigenvalue weighted by molar-refractivity contribution is 0.0981. The van der Waals surface area contributed by atoms with Gasteiger partial charge in [-0.3, -0.25) is 0 Å². The number of nitrogens with one attached hydrogen (secondary N) is 1. The van der Waals surface area contributed by atoms with Gasteiger partial charge in [0.25, 0.3) is 0 Å². The molecule has 2 rings (SSSR count). The largest absolute Gasteiger partial charge is 0.381 e. The van der Waals surface area contributed by atoms with Crippen molar-refractivity contribution in [2.24, 2.45) is 5.73 Å². The van der Waals surface area contributed by atoms with E-state index in [2.05, 4.69) is 4.72 Å². The molecule has 1 saturated heterocycles. The van der Waals surface area contributed by atoms with Gasteiger partial charge in [0.15, 0.2) is 0 Å². The second-order valence-corrected chi connectivity index (χ2v) is 6.85. The lowest BCUT2D eigenvalue weighted by Gasteiger charge is -2.22. The zero-order valence-corrected chi connectivity index (χ0v) is 12.0. The summed E-state index contributed by atoms with van der Waals surface area (Å²) in [5.41, 5.74) is 6.42. The van der Waals surface area contributed by atoms with Gasteiger partial charge in [0.1, 0.15) is 5.82 Å². The van der Waals surface area contributed by atoms with Crippen molar-refractivity contribution in [3.8, 4) is 0 Å². The van der Waals surface area contributed by atoms with Crippen molar-refractivity contribution >= 4 is 10.0 Å². The van der Waals surface area contributed by atoms with Gasteiger partial charge in [-0.1, -0.05) is 12.1 Å². The zero-order valence-electron chi connectivity index (χ0n) is 11.1. The summed E-state index contributed by atoms with van der Waals surface area (Å²) in [5, 5.41) is -0.456. The number of benzene rings is 1. The second kappa shape index (κ2) is 6.62. The fourth-order valence-electron chi connectivity index (χ4n) is 2.14. The molecule has 0 saturated carbocycles. The molecule has 7 heteroatoms. The third-order valence-electron chi connectivity index (χ3n) is 3.42. The minimum absolute atomic E-state index is 0.0453. The average Bonchev–Trinajstić information content (AvgIpc) is 2.47. The molecule has 0 radical (unpaired) electrons. The van der Waals surface area contributed by atoms with E-state index < -0.39 is 21.1 Å². The fraction of sp³-hybridized carbons (Fsp3) is 0.538. The van der Waals surface area contributed by atoms with E-state index in [1.165, 1.54) is 6.07 Å². The van der Waals surface area contributed by atoms with Gasteiger partial charge in [-0.2, -0.15) is 0 Å². The van der Waals surface area contributed by atoms with Gasteiger partial charge in [-0.25, -0.2) is 17.5 Å². The highest BCUT2D eigenvalue weighted by molar-refractivity contribution is 7.90. The number of rotatable bonds is 5. The summed E-state index contributed by atoms with van der Waals surface area (Å²) in [7, 11) is -3.44. The molecule has 1 aliphatic rings. The summed E-state index contributed by atoms with van der Waals surface area (Å²) in [6.45, 7) is 1.11. The van der Waals surface area contributed by atoms with Crippen LogP contribution < -0.4 is 10.5 Å². The normalized spacial score (nSPS) is 17.3. The van der Waals surface area contributed by atoms with Gasteiger partial charge in [-0.05, 0) is 24.5 Å². The van der Waals surface area contributed by atoms with Gasteiger partial charge >= 0.3 is 0 Å². The Bertz CT molecular complexity index is 557. The molecule has 0 atom stereocenters. The highest BCUT2D eigenvalue weighted by atomic mass is 32.2. The van der Waals surface area contributed by atoms with Gasteiger partial charge < -0.3 is 10.5 Å². The maximum absolute atomic E-state index is 13.7. The molecule has 0 spiro atoms. The van der Waals surface area contributed by atoms with Crippen LogP contribution in [0.4, 0.5) is 4.39 Å². The summed E-state index contributed by atoms with van der Waals surface area (Å²) in [4.78, 5) is 0. The Morgan fingerprint density at radius 3 is 2.65 bits per heavy atom. The molecule has 1 fully saturated rings. The molecule has 0 aromatic heterocycles. The van der Waals surface area contributed by atoms with Crippen LogP contribution in [0, 0.1) is 5.82 Å². The van der Waals surface area contributed by atoms with Crippen molar-refractivity contribution in [2.45, 2.75) is 31.2 Å². The topological polar surface area (TPSA) is 81.4 Å². The molecule has 0 amide bonds. The van der Waals surface area contributed by atoms with Crippen molar-refractivity contribution in [1.82, 2.24) is 4.72 Å². The molecule has 5 nitrogen and oxygen atoms in total. The highest BCUT2D eigenvalue weighted by Gasteiger charge is 2.27. The van der Waals surface area contributed by atoms with Crippen LogP contribution in [-0.2, 0) is 27.8 Å². The number of halogens is 1. The SMILES string of the molecule is NCc1ccc(CNS(=O)(=O)C2CCOCC2)c(F)c1. The number of nitrogens with two attached hydrogens (primary N) is 1. The molecule has 3 N–H and O–H groups in total.